The van der Waals surface area contributed by atoms with Crippen LogP contribution >= 0.6 is 11.6 Å². The van der Waals surface area contributed by atoms with Crippen LogP contribution in [0.25, 0.3) is 0 Å². The highest BCUT2D eigenvalue weighted by atomic mass is 35.5. The Bertz CT molecular complexity index is 584. The molecule has 0 atom stereocenters. The van der Waals surface area contributed by atoms with Crippen LogP contribution in [0.2, 0.25) is 5.02 Å². The lowest BCUT2D eigenvalue weighted by Gasteiger charge is -2.10. The average Bonchev–Trinajstić information content (AvgIpc) is 2.48. The zero-order valence-electron chi connectivity index (χ0n) is 12.2. The number of hydrogen-bond acceptors (Lipinski definition) is 2. The molecule has 1 N–H and O–H groups in total. The molecule has 0 fully saturated rings. The Kier molecular flexibility index (Phi) is 5.59. The highest BCUT2D eigenvalue weighted by molar-refractivity contribution is 6.30. The lowest BCUT2D eigenvalue weighted by molar-refractivity contribution is 0.300. The molecular weight excluding hydrogens is 289 g/mol. The predicted molar refractivity (Wildman–Crippen MR) is 84.2 cm³/mol. The van der Waals surface area contributed by atoms with Gasteiger partial charge in [-0.1, -0.05) is 49.7 Å². The number of nitrogens with one attached hydrogen (secondary N) is 1. The first-order valence-electron chi connectivity index (χ1n) is 6.94. The van der Waals surface area contributed by atoms with Gasteiger partial charge in [-0.15, -0.1) is 0 Å². The molecule has 0 heterocycles. The maximum absolute atomic E-state index is 13.7. The summed E-state index contributed by atoms with van der Waals surface area (Å²) in [5.74, 6) is 0.291. The summed E-state index contributed by atoms with van der Waals surface area (Å²) in [6.45, 7) is 5.20. The average molecular weight is 308 g/mol. The van der Waals surface area contributed by atoms with Crippen LogP contribution in [-0.4, -0.2) is 6.04 Å². The van der Waals surface area contributed by atoms with Gasteiger partial charge in [-0.2, -0.15) is 0 Å². The maximum Gasteiger partial charge on any atom is 0.148 e. The van der Waals surface area contributed by atoms with Crippen LogP contribution in [0, 0.1) is 5.82 Å². The second-order valence-electron chi connectivity index (χ2n) is 5.18. The van der Waals surface area contributed by atoms with Crippen molar-refractivity contribution in [1.82, 2.24) is 5.32 Å². The molecule has 0 bridgehead atoms. The van der Waals surface area contributed by atoms with Gasteiger partial charge in [0, 0.05) is 18.2 Å². The fourth-order valence-electron chi connectivity index (χ4n) is 1.85. The maximum atomic E-state index is 13.7. The van der Waals surface area contributed by atoms with E-state index in [-0.39, 0.29) is 11.6 Å². The third-order valence-corrected chi connectivity index (χ3v) is 3.36. The number of benzene rings is 2. The summed E-state index contributed by atoms with van der Waals surface area (Å²) in [7, 11) is 0. The van der Waals surface area contributed by atoms with Crippen LogP contribution in [0.1, 0.15) is 25.0 Å². The molecule has 4 heteroatoms. The first-order chi connectivity index (χ1) is 10.1. The number of rotatable bonds is 6. The molecule has 2 rings (SSSR count). The van der Waals surface area contributed by atoms with Crippen molar-refractivity contribution in [3.63, 3.8) is 0 Å². The molecule has 0 saturated heterocycles. The van der Waals surface area contributed by atoms with Gasteiger partial charge in [0.15, 0.2) is 0 Å². The second-order valence-corrected chi connectivity index (χ2v) is 5.59. The first-order valence-corrected chi connectivity index (χ1v) is 7.32. The third kappa shape index (κ3) is 4.73. The van der Waals surface area contributed by atoms with E-state index in [1.165, 1.54) is 11.6 Å². The molecule has 0 aliphatic heterocycles. The fraction of sp³-hybridized carbons (Fsp3) is 0.294. The number of halogens is 2. The van der Waals surface area contributed by atoms with Gasteiger partial charge in [-0.3, -0.25) is 0 Å². The molecule has 2 nitrogen and oxygen atoms in total. The quantitative estimate of drug-likeness (QED) is 0.845. The molecule has 2 aromatic carbocycles. The molecule has 0 aliphatic rings. The van der Waals surface area contributed by atoms with Crippen molar-refractivity contribution in [2.45, 2.75) is 33.0 Å². The van der Waals surface area contributed by atoms with E-state index in [0.717, 1.165) is 6.54 Å². The summed E-state index contributed by atoms with van der Waals surface area (Å²) in [6.07, 6.45) is 0. The smallest absolute Gasteiger partial charge is 0.148 e. The fourth-order valence-corrected chi connectivity index (χ4v) is 2.04. The van der Waals surface area contributed by atoms with E-state index in [2.05, 4.69) is 19.2 Å². The zero-order chi connectivity index (χ0) is 15.2. The van der Waals surface area contributed by atoms with Crippen molar-refractivity contribution < 1.29 is 9.13 Å². The lowest BCUT2D eigenvalue weighted by atomic mass is 10.2. The van der Waals surface area contributed by atoms with Crippen LogP contribution in [-0.2, 0) is 13.2 Å². The Balaban J connectivity index is 1.93. The predicted octanol–water partition coefficient (Wildman–Crippen LogP) is 4.56. The lowest BCUT2D eigenvalue weighted by Crippen LogP contribution is -2.21. The van der Waals surface area contributed by atoms with E-state index >= 15 is 0 Å². The van der Waals surface area contributed by atoms with E-state index in [9.17, 15) is 4.39 Å². The van der Waals surface area contributed by atoms with Gasteiger partial charge in [0.05, 0.1) is 5.02 Å². The molecule has 0 spiro atoms. The van der Waals surface area contributed by atoms with Crippen LogP contribution < -0.4 is 10.1 Å². The standard InChI is InChI=1S/C17H19ClFNO/c1-12(2)20-10-13-6-8-15(9-7-13)21-11-14-4-3-5-16(18)17(14)19/h3-9,12,20H,10-11H2,1-2H3. The highest BCUT2D eigenvalue weighted by Crippen LogP contribution is 2.20. The molecule has 0 unspecified atom stereocenters. The SMILES string of the molecule is CC(C)NCc1ccc(OCc2cccc(Cl)c2F)cc1. The number of ether oxygens (including phenoxy) is 1. The van der Waals surface area contributed by atoms with Gasteiger partial charge >= 0.3 is 0 Å². The third-order valence-electron chi connectivity index (χ3n) is 3.06. The molecule has 0 amide bonds. The van der Waals surface area contributed by atoms with E-state index < -0.39 is 5.82 Å². The van der Waals surface area contributed by atoms with Crippen molar-refractivity contribution in [1.29, 1.82) is 0 Å². The summed E-state index contributed by atoms with van der Waals surface area (Å²) in [4.78, 5) is 0. The zero-order valence-corrected chi connectivity index (χ0v) is 13.0. The summed E-state index contributed by atoms with van der Waals surface area (Å²) in [5, 5.41) is 3.46. The Hall–Kier alpha value is -1.58. The Morgan fingerprint density at radius 3 is 2.52 bits per heavy atom. The van der Waals surface area contributed by atoms with Crippen molar-refractivity contribution in [3.05, 3.63) is 64.4 Å². The van der Waals surface area contributed by atoms with Crippen molar-refractivity contribution in [2.75, 3.05) is 0 Å². The molecule has 0 aromatic heterocycles. The summed E-state index contributed by atoms with van der Waals surface area (Å²) >= 11 is 5.74. The monoisotopic (exact) mass is 307 g/mol. The first kappa shape index (κ1) is 15.8. The minimum Gasteiger partial charge on any atom is -0.489 e. The molecule has 0 saturated carbocycles. The molecule has 2 aromatic rings. The van der Waals surface area contributed by atoms with Gasteiger partial charge < -0.3 is 10.1 Å². The minimum atomic E-state index is -0.420. The van der Waals surface area contributed by atoms with Crippen LogP contribution in [0.3, 0.4) is 0 Å². The highest BCUT2D eigenvalue weighted by Gasteiger charge is 2.06. The molecule has 21 heavy (non-hydrogen) atoms. The van der Waals surface area contributed by atoms with Crippen molar-refractivity contribution in [3.8, 4) is 5.75 Å². The molecular formula is C17H19ClFNO. The van der Waals surface area contributed by atoms with E-state index in [1.54, 1.807) is 12.1 Å². The van der Waals surface area contributed by atoms with E-state index in [1.807, 2.05) is 24.3 Å². The molecule has 0 aliphatic carbocycles. The largest absolute Gasteiger partial charge is 0.489 e. The molecule has 112 valence electrons. The van der Waals surface area contributed by atoms with Gasteiger partial charge in [-0.05, 0) is 23.8 Å². The van der Waals surface area contributed by atoms with Gasteiger partial charge in [0.25, 0.3) is 0 Å². The Labute approximate surface area is 129 Å². The van der Waals surface area contributed by atoms with E-state index in [4.69, 9.17) is 16.3 Å². The van der Waals surface area contributed by atoms with Gasteiger partial charge in [-0.25, -0.2) is 4.39 Å². The summed E-state index contributed by atoms with van der Waals surface area (Å²) < 4.78 is 19.3. The van der Waals surface area contributed by atoms with Crippen LogP contribution in [0.15, 0.2) is 42.5 Å². The second kappa shape index (κ2) is 7.43. The van der Waals surface area contributed by atoms with Crippen molar-refractivity contribution >= 4 is 11.6 Å². The van der Waals surface area contributed by atoms with Crippen LogP contribution in [0.4, 0.5) is 4.39 Å². The molecule has 0 radical (unpaired) electrons. The Morgan fingerprint density at radius 1 is 1.14 bits per heavy atom. The summed E-state index contributed by atoms with van der Waals surface area (Å²) in [6, 6.07) is 13.1. The van der Waals surface area contributed by atoms with Gasteiger partial charge in [0.2, 0.25) is 0 Å². The Morgan fingerprint density at radius 2 is 1.86 bits per heavy atom. The van der Waals surface area contributed by atoms with Gasteiger partial charge in [0.1, 0.15) is 18.2 Å². The van der Waals surface area contributed by atoms with Crippen molar-refractivity contribution in [2.24, 2.45) is 0 Å². The topological polar surface area (TPSA) is 21.3 Å². The van der Waals surface area contributed by atoms with E-state index in [0.29, 0.717) is 17.4 Å². The van der Waals surface area contributed by atoms with Crippen LogP contribution in [0.5, 0.6) is 5.75 Å². The number of hydrogen-bond donors (Lipinski definition) is 1. The normalized spacial score (nSPS) is 10.9. The summed E-state index contributed by atoms with van der Waals surface area (Å²) in [5.41, 5.74) is 1.64. The minimum absolute atomic E-state index is 0.117.